The lowest BCUT2D eigenvalue weighted by molar-refractivity contribution is -0.139. The van der Waals surface area contributed by atoms with Crippen LogP contribution in [0.1, 0.15) is 31.0 Å². The first-order valence-electron chi connectivity index (χ1n) is 12.4. The van der Waals surface area contributed by atoms with Crippen LogP contribution >= 0.6 is 0 Å². The molecular weight excluding hydrogens is 485 g/mol. The third-order valence-electron chi connectivity index (χ3n) is 6.67. The SMILES string of the molecule is CCOC(=O)C1=C(CN2CCN(c3cccc(C(F)(F)F)c3)CC2)N(CC)C(=O)NC1c1ccccc1. The Labute approximate surface area is 214 Å². The van der Waals surface area contributed by atoms with Gasteiger partial charge in [-0.15, -0.1) is 0 Å². The molecule has 2 aromatic rings. The lowest BCUT2D eigenvalue weighted by atomic mass is 9.94. The molecule has 0 spiro atoms. The van der Waals surface area contributed by atoms with E-state index in [9.17, 15) is 22.8 Å². The van der Waals surface area contributed by atoms with Crippen molar-refractivity contribution < 1.29 is 27.5 Å². The molecule has 0 saturated carbocycles. The van der Waals surface area contributed by atoms with Gasteiger partial charge in [-0.2, -0.15) is 13.2 Å². The quantitative estimate of drug-likeness (QED) is 0.552. The van der Waals surface area contributed by atoms with E-state index in [2.05, 4.69) is 10.2 Å². The first kappa shape index (κ1) is 26.5. The predicted octanol–water partition coefficient (Wildman–Crippen LogP) is 4.43. The van der Waals surface area contributed by atoms with Crippen LogP contribution in [0.4, 0.5) is 23.7 Å². The molecule has 4 rings (SSSR count). The summed E-state index contributed by atoms with van der Waals surface area (Å²) < 4.78 is 44.9. The van der Waals surface area contributed by atoms with Gasteiger partial charge in [-0.05, 0) is 37.6 Å². The standard InChI is InChI=1S/C27H31F3N4O3/c1-3-34-22(23(25(35)37-4-2)24(31-26(34)36)19-9-6-5-7-10-19)18-32-13-15-33(16-14-32)21-12-8-11-20(17-21)27(28,29)30/h5-12,17,24H,3-4,13-16,18H2,1-2H3,(H,31,36). The Kier molecular flexibility index (Phi) is 8.06. The van der Waals surface area contributed by atoms with Crippen molar-refractivity contribution in [1.82, 2.24) is 15.1 Å². The van der Waals surface area contributed by atoms with Crippen LogP contribution in [0, 0.1) is 0 Å². The highest BCUT2D eigenvalue weighted by atomic mass is 19.4. The second-order valence-electron chi connectivity index (χ2n) is 8.93. The van der Waals surface area contributed by atoms with Crippen LogP contribution < -0.4 is 10.2 Å². The molecular formula is C27H31F3N4O3. The Balaban J connectivity index is 1.58. The molecule has 37 heavy (non-hydrogen) atoms. The highest BCUT2D eigenvalue weighted by Gasteiger charge is 2.38. The summed E-state index contributed by atoms with van der Waals surface area (Å²) in [5.74, 6) is -0.479. The summed E-state index contributed by atoms with van der Waals surface area (Å²) in [5, 5.41) is 2.95. The van der Waals surface area contributed by atoms with Gasteiger partial charge < -0.3 is 15.0 Å². The number of hydrogen-bond acceptors (Lipinski definition) is 5. The van der Waals surface area contributed by atoms with E-state index in [0.29, 0.717) is 56.2 Å². The number of rotatable bonds is 7. The predicted molar refractivity (Wildman–Crippen MR) is 134 cm³/mol. The van der Waals surface area contributed by atoms with E-state index in [-0.39, 0.29) is 12.6 Å². The molecule has 0 bridgehead atoms. The molecule has 2 heterocycles. The Morgan fingerprint density at radius 2 is 1.73 bits per heavy atom. The van der Waals surface area contributed by atoms with E-state index < -0.39 is 23.8 Å². The fourth-order valence-corrected chi connectivity index (χ4v) is 4.81. The molecule has 0 radical (unpaired) electrons. The third-order valence-corrected chi connectivity index (χ3v) is 6.67. The topological polar surface area (TPSA) is 65.1 Å². The van der Waals surface area contributed by atoms with Gasteiger partial charge in [0.2, 0.25) is 0 Å². The number of hydrogen-bond donors (Lipinski definition) is 1. The molecule has 2 aromatic carbocycles. The number of piperazine rings is 1. The van der Waals surface area contributed by atoms with Gasteiger partial charge in [-0.3, -0.25) is 9.80 Å². The van der Waals surface area contributed by atoms with Crippen molar-refractivity contribution in [3.05, 3.63) is 77.0 Å². The molecule has 10 heteroatoms. The van der Waals surface area contributed by atoms with Crippen LogP contribution in [0.3, 0.4) is 0 Å². The molecule has 7 nitrogen and oxygen atoms in total. The largest absolute Gasteiger partial charge is 0.463 e. The number of nitrogens with zero attached hydrogens (tertiary/aromatic N) is 3. The van der Waals surface area contributed by atoms with Crippen molar-refractivity contribution in [2.24, 2.45) is 0 Å². The van der Waals surface area contributed by atoms with E-state index in [4.69, 9.17) is 4.74 Å². The summed E-state index contributed by atoms with van der Waals surface area (Å²) in [6, 6.07) is 13.7. The number of esters is 1. The molecule has 1 atom stereocenters. The van der Waals surface area contributed by atoms with Crippen LogP contribution in [0.25, 0.3) is 0 Å². The minimum Gasteiger partial charge on any atom is -0.463 e. The van der Waals surface area contributed by atoms with E-state index in [1.165, 1.54) is 12.1 Å². The second-order valence-corrected chi connectivity index (χ2v) is 8.93. The molecule has 2 amide bonds. The van der Waals surface area contributed by atoms with Crippen molar-refractivity contribution in [2.75, 3.05) is 50.8 Å². The van der Waals surface area contributed by atoms with Crippen LogP contribution in [0.5, 0.6) is 0 Å². The van der Waals surface area contributed by atoms with E-state index in [0.717, 1.165) is 11.6 Å². The number of urea groups is 1. The van der Waals surface area contributed by atoms with Crippen LogP contribution in [0.2, 0.25) is 0 Å². The van der Waals surface area contributed by atoms with Crippen molar-refractivity contribution in [3.8, 4) is 0 Å². The zero-order chi connectivity index (χ0) is 26.6. The fraction of sp³-hybridized carbons (Fsp3) is 0.407. The minimum atomic E-state index is -4.39. The number of amides is 2. The van der Waals surface area contributed by atoms with Crippen molar-refractivity contribution in [3.63, 3.8) is 0 Å². The number of benzene rings is 2. The number of ether oxygens (including phenoxy) is 1. The average Bonchev–Trinajstić information content (AvgIpc) is 2.89. The van der Waals surface area contributed by atoms with E-state index in [1.807, 2.05) is 42.2 Å². The zero-order valence-electron chi connectivity index (χ0n) is 20.9. The Hall–Kier alpha value is -3.53. The summed E-state index contributed by atoms with van der Waals surface area (Å²) in [7, 11) is 0. The van der Waals surface area contributed by atoms with Crippen molar-refractivity contribution in [1.29, 1.82) is 0 Å². The average molecular weight is 517 g/mol. The van der Waals surface area contributed by atoms with Crippen molar-refractivity contribution >= 4 is 17.7 Å². The zero-order valence-corrected chi connectivity index (χ0v) is 20.9. The molecule has 0 aliphatic carbocycles. The monoisotopic (exact) mass is 516 g/mol. The van der Waals surface area contributed by atoms with Gasteiger partial charge >= 0.3 is 18.2 Å². The number of halogens is 3. The Morgan fingerprint density at radius 1 is 1.03 bits per heavy atom. The van der Waals surface area contributed by atoms with Crippen molar-refractivity contribution in [2.45, 2.75) is 26.1 Å². The molecule has 0 aromatic heterocycles. The van der Waals surface area contributed by atoms with Gasteiger partial charge in [0.05, 0.1) is 23.8 Å². The van der Waals surface area contributed by atoms with Gasteiger partial charge in [0.1, 0.15) is 0 Å². The minimum absolute atomic E-state index is 0.201. The molecule has 198 valence electrons. The number of alkyl halides is 3. The smallest absolute Gasteiger partial charge is 0.416 e. The lowest BCUT2D eigenvalue weighted by Gasteiger charge is -2.41. The second kappa shape index (κ2) is 11.2. The lowest BCUT2D eigenvalue weighted by Crippen LogP contribution is -2.53. The van der Waals surface area contributed by atoms with Gasteiger partial charge in [-0.1, -0.05) is 36.4 Å². The summed E-state index contributed by atoms with van der Waals surface area (Å²) in [4.78, 5) is 31.8. The molecule has 2 aliphatic rings. The molecule has 1 N–H and O–H groups in total. The third kappa shape index (κ3) is 5.90. The number of carbonyl (C=O) groups excluding carboxylic acids is 2. The highest BCUT2D eigenvalue weighted by Crippen LogP contribution is 2.33. The Bertz CT molecular complexity index is 1150. The molecule has 2 aliphatic heterocycles. The summed E-state index contributed by atoms with van der Waals surface area (Å²) in [6.07, 6.45) is -4.39. The first-order chi connectivity index (χ1) is 17.7. The van der Waals surface area contributed by atoms with Gasteiger partial charge in [-0.25, -0.2) is 9.59 Å². The van der Waals surface area contributed by atoms with Crippen LogP contribution in [-0.2, 0) is 15.7 Å². The maximum atomic E-state index is 13.2. The first-order valence-corrected chi connectivity index (χ1v) is 12.4. The molecule has 1 saturated heterocycles. The number of nitrogens with one attached hydrogen (secondary N) is 1. The van der Waals surface area contributed by atoms with Crippen LogP contribution in [-0.4, -0.2) is 67.7 Å². The van der Waals surface area contributed by atoms with Gasteiger partial charge in [0.15, 0.2) is 0 Å². The molecule has 1 unspecified atom stereocenters. The van der Waals surface area contributed by atoms with E-state index >= 15 is 0 Å². The normalized spacial score (nSPS) is 19.2. The number of carbonyl (C=O) groups is 2. The number of likely N-dealkylation sites (N-methyl/N-ethyl adjacent to an activating group) is 1. The Morgan fingerprint density at radius 3 is 2.35 bits per heavy atom. The maximum absolute atomic E-state index is 13.2. The fourth-order valence-electron chi connectivity index (χ4n) is 4.81. The maximum Gasteiger partial charge on any atom is 0.416 e. The summed E-state index contributed by atoms with van der Waals surface area (Å²) in [5.41, 5.74) is 1.62. The highest BCUT2D eigenvalue weighted by molar-refractivity contribution is 5.95. The van der Waals surface area contributed by atoms with Crippen LogP contribution in [0.15, 0.2) is 65.9 Å². The van der Waals surface area contributed by atoms with E-state index in [1.54, 1.807) is 17.9 Å². The van der Waals surface area contributed by atoms with Gasteiger partial charge in [0, 0.05) is 50.7 Å². The molecule has 1 fully saturated rings. The summed E-state index contributed by atoms with van der Waals surface area (Å²) in [6.45, 7) is 6.65. The number of anilines is 1. The van der Waals surface area contributed by atoms with Gasteiger partial charge in [0.25, 0.3) is 0 Å². The summed E-state index contributed by atoms with van der Waals surface area (Å²) >= 11 is 0.